The summed E-state index contributed by atoms with van der Waals surface area (Å²) in [5.41, 5.74) is 0.781. The fraction of sp³-hybridized carbons (Fsp3) is 0.0714. The summed E-state index contributed by atoms with van der Waals surface area (Å²) in [6.07, 6.45) is 0. The van der Waals surface area contributed by atoms with Crippen LogP contribution in [0.3, 0.4) is 0 Å². The summed E-state index contributed by atoms with van der Waals surface area (Å²) in [5, 5.41) is 0.721. The van der Waals surface area contributed by atoms with Gasteiger partial charge in [0.25, 0.3) is 5.56 Å². The van der Waals surface area contributed by atoms with Gasteiger partial charge >= 0.3 is 0 Å². The lowest BCUT2D eigenvalue weighted by Crippen LogP contribution is -2.13. The van der Waals surface area contributed by atoms with Crippen LogP contribution in [0.2, 0.25) is 0 Å². The minimum Gasteiger partial charge on any atom is -0.268 e. The van der Waals surface area contributed by atoms with E-state index < -0.39 is 0 Å². The molecule has 0 atom stereocenters. The van der Waals surface area contributed by atoms with Crippen LogP contribution in [0.15, 0.2) is 53.3 Å². The molecule has 0 aliphatic heterocycles. The maximum atomic E-state index is 13.1. The fourth-order valence-electron chi connectivity index (χ4n) is 1.92. The molecule has 0 N–H and O–H groups in total. The van der Waals surface area contributed by atoms with Gasteiger partial charge in [-0.25, -0.2) is 4.39 Å². The summed E-state index contributed by atoms with van der Waals surface area (Å²) in [5.74, 6) is -0.276. The van der Waals surface area contributed by atoms with Gasteiger partial charge in [0, 0.05) is 0 Å². The highest BCUT2D eigenvalue weighted by atomic mass is 32.1. The molecule has 0 unspecified atom stereocenters. The highest BCUT2D eigenvalue weighted by Crippen LogP contribution is 2.17. The second-order valence-electron chi connectivity index (χ2n) is 4.06. The van der Waals surface area contributed by atoms with Gasteiger partial charge < -0.3 is 0 Å². The Kier molecular flexibility index (Phi) is 2.72. The lowest BCUT2D eigenvalue weighted by atomic mass is 10.2. The Morgan fingerprint density at radius 1 is 1.11 bits per heavy atom. The van der Waals surface area contributed by atoms with Gasteiger partial charge in [-0.15, -0.1) is 0 Å². The van der Waals surface area contributed by atoms with E-state index in [0.717, 1.165) is 15.6 Å². The van der Waals surface area contributed by atoms with Gasteiger partial charge in [0.15, 0.2) is 0 Å². The third-order valence-electron chi connectivity index (χ3n) is 2.77. The molecule has 3 aromatic rings. The third kappa shape index (κ3) is 1.95. The van der Waals surface area contributed by atoms with E-state index in [1.165, 1.54) is 23.7 Å². The average Bonchev–Trinajstić information content (AvgIpc) is 2.67. The molecule has 1 heterocycles. The Bertz CT molecular complexity index is 760. The lowest BCUT2D eigenvalue weighted by molar-refractivity contribution is 0.624. The van der Waals surface area contributed by atoms with E-state index in [2.05, 4.69) is 0 Å². The molecular formula is C14H10FNOS. The molecule has 2 nitrogen and oxygen atoms in total. The van der Waals surface area contributed by atoms with Crippen molar-refractivity contribution in [3.63, 3.8) is 0 Å². The summed E-state index contributed by atoms with van der Waals surface area (Å²) in [4.78, 5) is 12.1. The number of hydrogen-bond donors (Lipinski definition) is 0. The maximum absolute atomic E-state index is 13.1. The number of benzene rings is 2. The van der Waals surface area contributed by atoms with Crippen LogP contribution >= 0.6 is 11.5 Å². The Balaban J connectivity index is 2.05. The lowest BCUT2D eigenvalue weighted by Gasteiger charge is -2.00. The first kappa shape index (κ1) is 11.2. The van der Waals surface area contributed by atoms with Crippen LogP contribution in [-0.2, 0) is 6.54 Å². The van der Waals surface area contributed by atoms with Crippen LogP contribution in [0.25, 0.3) is 10.1 Å². The zero-order chi connectivity index (χ0) is 12.5. The molecule has 0 fully saturated rings. The third-order valence-corrected chi connectivity index (χ3v) is 3.84. The normalized spacial score (nSPS) is 10.9. The minimum atomic E-state index is -0.276. The molecule has 1 aromatic heterocycles. The Morgan fingerprint density at radius 2 is 1.94 bits per heavy atom. The van der Waals surface area contributed by atoms with Crippen LogP contribution in [0.5, 0.6) is 0 Å². The highest BCUT2D eigenvalue weighted by molar-refractivity contribution is 7.13. The minimum absolute atomic E-state index is 0.0140. The molecule has 90 valence electrons. The van der Waals surface area contributed by atoms with E-state index in [4.69, 9.17) is 0 Å². The Hall–Kier alpha value is -1.94. The van der Waals surface area contributed by atoms with E-state index in [-0.39, 0.29) is 11.4 Å². The molecule has 0 bridgehead atoms. The molecule has 3 rings (SSSR count). The van der Waals surface area contributed by atoms with Gasteiger partial charge in [-0.1, -0.05) is 35.8 Å². The van der Waals surface area contributed by atoms with Gasteiger partial charge in [-0.2, -0.15) is 0 Å². The van der Waals surface area contributed by atoms with Crippen molar-refractivity contribution >= 4 is 21.6 Å². The second kappa shape index (κ2) is 4.38. The molecule has 0 amide bonds. The van der Waals surface area contributed by atoms with Gasteiger partial charge in [0.1, 0.15) is 5.82 Å². The largest absolute Gasteiger partial charge is 0.268 e. The van der Waals surface area contributed by atoms with Gasteiger partial charge in [-0.3, -0.25) is 8.75 Å². The van der Waals surface area contributed by atoms with E-state index >= 15 is 0 Å². The monoisotopic (exact) mass is 259 g/mol. The standard InChI is InChI=1S/C14H10FNOS/c15-11-5-3-4-10(8-11)9-16-14(17)12-6-1-2-7-13(12)18-16/h1-8H,9H2. The van der Waals surface area contributed by atoms with Crippen LogP contribution in [-0.4, -0.2) is 3.96 Å². The van der Waals surface area contributed by atoms with E-state index in [1.54, 1.807) is 10.0 Å². The summed E-state index contributed by atoms with van der Waals surface area (Å²) >= 11 is 1.41. The SMILES string of the molecule is O=c1c2ccccc2sn1Cc1cccc(F)c1. The van der Waals surface area contributed by atoms with Crippen LogP contribution < -0.4 is 5.56 Å². The topological polar surface area (TPSA) is 22.0 Å². The first-order chi connectivity index (χ1) is 8.74. The summed E-state index contributed by atoms with van der Waals surface area (Å²) in [6.45, 7) is 0.413. The molecule has 0 aliphatic carbocycles. The van der Waals surface area contributed by atoms with Gasteiger partial charge in [0.05, 0.1) is 16.6 Å². The summed E-state index contributed by atoms with van der Waals surface area (Å²) in [7, 11) is 0. The highest BCUT2D eigenvalue weighted by Gasteiger charge is 2.07. The second-order valence-corrected chi connectivity index (χ2v) is 5.12. The molecule has 0 spiro atoms. The number of rotatable bonds is 2. The first-order valence-corrected chi connectivity index (χ1v) is 6.35. The molecule has 0 saturated heterocycles. The van der Waals surface area contributed by atoms with Crippen molar-refractivity contribution in [3.8, 4) is 0 Å². The summed E-state index contributed by atoms with van der Waals surface area (Å²) < 4.78 is 15.7. The number of fused-ring (bicyclic) bond motifs is 1. The molecule has 0 radical (unpaired) electrons. The van der Waals surface area contributed by atoms with Crippen molar-refractivity contribution in [3.05, 3.63) is 70.3 Å². The Labute approximate surface area is 107 Å². The van der Waals surface area contributed by atoms with E-state index in [9.17, 15) is 9.18 Å². The average molecular weight is 259 g/mol. The predicted molar refractivity (Wildman–Crippen MR) is 71.6 cm³/mol. The first-order valence-electron chi connectivity index (χ1n) is 5.57. The van der Waals surface area contributed by atoms with Crippen molar-refractivity contribution in [2.45, 2.75) is 6.54 Å². The smallest absolute Gasteiger partial charge is 0.268 e. The molecule has 2 aromatic carbocycles. The van der Waals surface area contributed by atoms with E-state index in [1.807, 2.05) is 30.3 Å². The van der Waals surface area contributed by atoms with Crippen molar-refractivity contribution in [1.82, 2.24) is 3.96 Å². The van der Waals surface area contributed by atoms with Gasteiger partial charge in [-0.05, 0) is 29.8 Å². The zero-order valence-corrected chi connectivity index (χ0v) is 10.3. The molecule has 0 aliphatic rings. The van der Waals surface area contributed by atoms with Crippen LogP contribution in [0.4, 0.5) is 4.39 Å². The van der Waals surface area contributed by atoms with Crippen LogP contribution in [0, 0.1) is 5.82 Å². The molecular weight excluding hydrogens is 249 g/mol. The fourth-order valence-corrected chi connectivity index (χ4v) is 2.95. The van der Waals surface area contributed by atoms with E-state index in [0.29, 0.717) is 6.54 Å². The molecule has 0 saturated carbocycles. The molecule has 4 heteroatoms. The van der Waals surface area contributed by atoms with Crippen molar-refractivity contribution in [2.75, 3.05) is 0 Å². The Morgan fingerprint density at radius 3 is 2.72 bits per heavy atom. The van der Waals surface area contributed by atoms with Crippen molar-refractivity contribution in [1.29, 1.82) is 0 Å². The zero-order valence-electron chi connectivity index (χ0n) is 9.47. The maximum Gasteiger partial charge on any atom is 0.268 e. The number of aromatic nitrogens is 1. The number of halogens is 1. The van der Waals surface area contributed by atoms with Crippen molar-refractivity contribution < 1.29 is 4.39 Å². The van der Waals surface area contributed by atoms with Crippen LogP contribution in [0.1, 0.15) is 5.56 Å². The number of nitrogens with zero attached hydrogens (tertiary/aromatic N) is 1. The summed E-state index contributed by atoms with van der Waals surface area (Å²) in [6, 6.07) is 13.8. The van der Waals surface area contributed by atoms with Gasteiger partial charge in [0.2, 0.25) is 0 Å². The predicted octanol–water partition coefficient (Wildman–Crippen LogP) is 3.25. The molecule has 18 heavy (non-hydrogen) atoms. The quantitative estimate of drug-likeness (QED) is 0.692. The number of hydrogen-bond acceptors (Lipinski definition) is 2. The van der Waals surface area contributed by atoms with Crippen molar-refractivity contribution in [2.24, 2.45) is 0 Å².